The number of ether oxygens (including phenoxy) is 1. The van der Waals surface area contributed by atoms with Crippen molar-refractivity contribution in [3.63, 3.8) is 0 Å². The first-order valence-electron chi connectivity index (χ1n) is 11.1. The number of β-lactam (4-membered cyclic amide) rings is 1. The number of methoxy groups -OCH3 is 1. The zero-order valence-corrected chi connectivity index (χ0v) is 17.5. The van der Waals surface area contributed by atoms with E-state index in [1.165, 1.54) is 25.9 Å². The predicted octanol–water partition coefficient (Wildman–Crippen LogP) is 2.96. The van der Waals surface area contributed by atoms with Crippen LogP contribution in [0.2, 0.25) is 0 Å². The molecule has 1 aromatic carbocycles. The van der Waals surface area contributed by atoms with Gasteiger partial charge >= 0.3 is 0 Å². The summed E-state index contributed by atoms with van der Waals surface area (Å²) in [6.07, 6.45) is 8.39. The van der Waals surface area contributed by atoms with E-state index in [2.05, 4.69) is 10.2 Å². The molecule has 2 saturated heterocycles. The van der Waals surface area contributed by atoms with Gasteiger partial charge in [-0.1, -0.05) is 19.3 Å². The lowest BCUT2D eigenvalue weighted by Gasteiger charge is -2.56. The zero-order chi connectivity index (χ0) is 20.3. The van der Waals surface area contributed by atoms with Gasteiger partial charge in [0.15, 0.2) is 0 Å². The first-order valence-corrected chi connectivity index (χ1v) is 11.1. The van der Waals surface area contributed by atoms with Crippen LogP contribution < -0.4 is 15.0 Å². The van der Waals surface area contributed by atoms with Crippen LogP contribution in [0.1, 0.15) is 51.4 Å². The Labute approximate surface area is 173 Å². The Kier molecular flexibility index (Phi) is 6.09. The van der Waals surface area contributed by atoms with Crippen molar-refractivity contribution in [1.82, 2.24) is 10.2 Å². The van der Waals surface area contributed by atoms with Gasteiger partial charge < -0.3 is 15.0 Å². The molecule has 4 rings (SSSR count). The minimum absolute atomic E-state index is 0.00346. The van der Waals surface area contributed by atoms with E-state index in [4.69, 9.17) is 4.74 Å². The summed E-state index contributed by atoms with van der Waals surface area (Å²) in [5.41, 5.74) is 0.279. The Morgan fingerprint density at radius 1 is 1.10 bits per heavy atom. The molecule has 2 heterocycles. The van der Waals surface area contributed by atoms with Gasteiger partial charge in [0, 0.05) is 12.2 Å². The third-order valence-corrected chi connectivity index (χ3v) is 6.92. The fourth-order valence-corrected chi connectivity index (χ4v) is 5.32. The standard InChI is InChI=1S/C23H33N3O3/c1-29-19-10-8-18(9-11-19)26-20(23(22(26)28)12-3-2-4-13-23)21(27)24-14-7-17-25-15-5-6-16-25/h8-11,20H,2-7,12-17H2,1H3,(H,24,27). The second kappa shape index (κ2) is 8.74. The summed E-state index contributed by atoms with van der Waals surface area (Å²) in [4.78, 5) is 30.6. The average molecular weight is 400 g/mol. The second-order valence-electron chi connectivity index (χ2n) is 8.69. The van der Waals surface area contributed by atoms with Crippen molar-refractivity contribution < 1.29 is 14.3 Å². The number of likely N-dealkylation sites (tertiary alicyclic amines) is 1. The third kappa shape index (κ3) is 3.87. The highest BCUT2D eigenvalue weighted by Crippen LogP contribution is 2.51. The second-order valence-corrected chi connectivity index (χ2v) is 8.69. The summed E-state index contributed by atoms with van der Waals surface area (Å²) in [6, 6.07) is 7.05. The van der Waals surface area contributed by atoms with Crippen LogP contribution in [0.25, 0.3) is 0 Å². The lowest BCUT2D eigenvalue weighted by atomic mass is 9.61. The van der Waals surface area contributed by atoms with Crippen molar-refractivity contribution in [2.45, 2.75) is 57.4 Å². The van der Waals surface area contributed by atoms with E-state index in [0.29, 0.717) is 6.54 Å². The zero-order valence-electron chi connectivity index (χ0n) is 17.5. The molecule has 6 heteroatoms. The summed E-state index contributed by atoms with van der Waals surface area (Å²) in [5.74, 6) is 0.861. The molecule has 1 aromatic rings. The maximum Gasteiger partial charge on any atom is 0.244 e. The number of hydrogen-bond donors (Lipinski definition) is 1. The van der Waals surface area contributed by atoms with E-state index in [-0.39, 0.29) is 11.8 Å². The highest BCUT2D eigenvalue weighted by molar-refractivity contribution is 6.14. The Balaban J connectivity index is 1.44. The smallest absolute Gasteiger partial charge is 0.244 e. The van der Waals surface area contributed by atoms with Gasteiger partial charge in [0.25, 0.3) is 0 Å². The molecule has 3 fully saturated rings. The van der Waals surface area contributed by atoms with Crippen LogP contribution in [0.5, 0.6) is 5.75 Å². The monoisotopic (exact) mass is 399 g/mol. The molecule has 3 aliphatic rings. The first-order chi connectivity index (χ1) is 14.2. The van der Waals surface area contributed by atoms with Gasteiger partial charge in [0.1, 0.15) is 11.8 Å². The third-order valence-electron chi connectivity index (χ3n) is 6.92. The number of nitrogens with zero attached hydrogens (tertiary/aromatic N) is 2. The minimum Gasteiger partial charge on any atom is -0.497 e. The number of rotatable bonds is 7. The Morgan fingerprint density at radius 2 is 1.79 bits per heavy atom. The fourth-order valence-electron chi connectivity index (χ4n) is 5.32. The highest BCUT2D eigenvalue weighted by atomic mass is 16.5. The largest absolute Gasteiger partial charge is 0.497 e. The van der Waals surface area contributed by atoms with Gasteiger partial charge in [-0.25, -0.2) is 0 Å². The van der Waals surface area contributed by atoms with E-state index in [0.717, 1.165) is 56.5 Å². The van der Waals surface area contributed by atoms with Crippen LogP contribution in [0, 0.1) is 5.41 Å². The number of carbonyl (C=O) groups excluding carboxylic acids is 2. The molecule has 1 saturated carbocycles. The number of benzene rings is 1. The van der Waals surface area contributed by atoms with Gasteiger partial charge in [0.05, 0.1) is 12.5 Å². The molecule has 1 unspecified atom stereocenters. The molecule has 158 valence electrons. The quantitative estimate of drug-likeness (QED) is 0.566. The van der Waals surface area contributed by atoms with Gasteiger partial charge in [-0.2, -0.15) is 0 Å². The molecule has 2 aliphatic heterocycles. The Hall–Kier alpha value is -2.08. The lowest BCUT2D eigenvalue weighted by Crippen LogP contribution is -2.74. The van der Waals surface area contributed by atoms with Gasteiger partial charge in [-0.15, -0.1) is 0 Å². The van der Waals surface area contributed by atoms with Crippen molar-refractivity contribution in [3.05, 3.63) is 24.3 Å². The molecule has 1 spiro atoms. The Morgan fingerprint density at radius 3 is 2.45 bits per heavy atom. The van der Waals surface area contributed by atoms with E-state index >= 15 is 0 Å². The van der Waals surface area contributed by atoms with Crippen molar-refractivity contribution in [2.24, 2.45) is 5.41 Å². The molecule has 0 radical (unpaired) electrons. The Bertz CT molecular complexity index is 721. The molecular formula is C23H33N3O3. The van der Waals surface area contributed by atoms with Crippen molar-refractivity contribution in [2.75, 3.05) is 38.2 Å². The number of nitrogens with one attached hydrogen (secondary N) is 1. The maximum atomic E-state index is 13.2. The van der Waals surface area contributed by atoms with Crippen molar-refractivity contribution >= 4 is 17.5 Å². The summed E-state index contributed by atoms with van der Waals surface area (Å²) in [7, 11) is 1.62. The fraction of sp³-hybridized carbons (Fsp3) is 0.652. The van der Waals surface area contributed by atoms with Crippen molar-refractivity contribution in [1.29, 1.82) is 0 Å². The molecule has 1 atom stereocenters. The van der Waals surface area contributed by atoms with Crippen molar-refractivity contribution in [3.8, 4) is 5.75 Å². The maximum absolute atomic E-state index is 13.2. The number of hydrogen-bond acceptors (Lipinski definition) is 4. The van der Waals surface area contributed by atoms with E-state index in [1.807, 2.05) is 24.3 Å². The summed E-state index contributed by atoms with van der Waals surface area (Å²) in [5, 5.41) is 3.14. The number of amides is 2. The van der Waals surface area contributed by atoms with E-state index in [1.54, 1.807) is 12.0 Å². The van der Waals surface area contributed by atoms with Crippen LogP contribution in [0.3, 0.4) is 0 Å². The van der Waals surface area contributed by atoms with Crippen LogP contribution in [-0.2, 0) is 9.59 Å². The number of carbonyl (C=O) groups is 2. The predicted molar refractivity (Wildman–Crippen MR) is 113 cm³/mol. The van der Waals surface area contributed by atoms with Crippen LogP contribution in [0.4, 0.5) is 5.69 Å². The molecule has 29 heavy (non-hydrogen) atoms. The summed E-state index contributed by atoms with van der Waals surface area (Å²) < 4.78 is 5.23. The molecule has 1 N–H and O–H groups in total. The molecule has 0 bridgehead atoms. The highest BCUT2D eigenvalue weighted by Gasteiger charge is 2.63. The summed E-state index contributed by atoms with van der Waals surface area (Å²) >= 11 is 0. The lowest BCUT2D eigenvalue weighted by molar-refractivity contribution is -0.150. The van der Waals surface area contributed by atoms with Crippen LogP contribution in [-0.4, -0.2) is 56.0 Å². The van der Waals surface area contributed by atoms with Gasteiger partial charge in [0.2, 0.25) is 11.8 Å². The van der Waals surface area contributed by atoms with Crippen LogP contribution in [0.15, 0.2) is 24.3 Å². The molecule has 6 nitrogen and oxygen atoms in total. The normalized spacial score (nSPS) is 23.8. The van der Waals surface area contributed by atoms with E-state index in [9.17, 15) is 9.59 Å². The first kappa shape index (κ1) is 20.2. The van der Waals surface area contributed by atoms with Crippen LogP contribution >= 0.6 is 0 Å². The SMILES string of the molecule is COc1ccc(N2C(=O)C3(CCCCC3)C2C(=O)NCCCN2CCCC2)cc1. The minimum atomic E-state index is -0.503. The summed E-state index contributed by atoms with van der Waals surface area (Å²) in [6.45, 7) is 4.07. The molecule has 2 amide bonds. The molecular weight excluding hydrogens is 366 g/mol. The van der Waals surface area contributed by atoms with Gasteiger partial charge in [-0.05, 0) is 76.0 Å². The van der Waals surface area contributed by atoms with E-state index < -0.39 is 11.5 Å². The number of anilines is 1. The molecule has 0 aromatic heterocycles. The topological polar surface area (TPSA) is 61.9 Å². The average Bonchev–Trinajstić information content (AvgIpc) is 3.28. The van der Waals surface area contributed by atoms with Gasteiger partial charge in [-0.3, -0.25) is 14.5 Å². The molecule has 1 aliphatic carbocycles.